The van der Waals surface area contributed by atoms with Gasteiger partial charge in [-0.15, -0.1) is 0 Å². The second-order valence-corrected chi connectivity index (χ2v) is 9.34. The Morgan fingerprint density at radius 1 is 1.15 bits per heavy atom. The zero-order valence-electron chi connectivity index (χ0n) is 19.3. The van der Waals surface area contributed by atoms with E-state index in [1.165, 1.54) is 0 Å². The Morgan fingerprint density at radius 3 is 2.61 bits per heavy atom. The number of hydrogen-bond acceptors (Lipinski definition) is 3. The fraction of sp³-hybridized carbons (Fsp3) is 0.321. The quantitative estimate of drug-likeness (QED) is 0.376. The summed E-state index contributed by atoms with van der Waals surface area (Å²) < 4.78 is 3.79. The number of aromatic nitrogens is 3. The Kier molecular flexibility index (Phi) is 5.59. The van der Waals surface area contributed by atoms with Crippen LogP contribution >= 0.6 is 0 Å². The normalized spacial score (nSPS) is 18.6. The molecular weight excluding hydrogens is 410 g/mol. The van der Waals surface area contributed by atoms with E-state index >= 15 is 0 Å². The van der Waals surface area contributed by atoms with E-state index in [2.05, 4.69) is 29.8 Å². The molecule has 0 radical (unpaired) electrons. The summed E-state index contributed by atoms with van der Waals surface area (Å²) in [6, 6.07) is 14.2. The third-order valence-electron chi connectivity index (χ3n) is 6.92. The molecule has 2 aromatic carbocycles. The summed E-state index contributed by atoms with van der Waals surface area (Å²) in [6.45, 7) is 5.92. The van der Waals surface area contributed by atoms with E-state index in [-0.39, 0.29) is 11.6 Å². The molecule has 1 aliphatic rings. The van der Waals surface area contributed by atoms with Crippen LogP contribution in [-0.4, -0.2) is 20.8 Å². The van der Waals surface area contributed by atoms with E-state index in [1.54, 1.807) is 4.57 Å². The topological polar surface area (TPSA) is 59.0 Å². The molecule has 5 nitrogen and oxygen atoms in total. The maximum absolute atomic E-state index is 13.7. The Labute approximate surface area is 193 Å². The standard InChI is InChI=1S/C28H30N3O2/c1-18(2)24-13-12-19(16-29-24)14-20-15-23-27(22-9-5-4-8-21(20)22)30(3)17-31(28(23)33)25-10-6-7-11-26(25)32/h4-5,8-9,12-13,15-17,25-26,32H,1,6-7,10-11,14H2,2-3H3/q+1. The molecule has 1 fully saturated rings. The minimum Gasteiger partial charge on any atom is -0.389 e. The summed E-state index contributed by atoms with van der Waals surface area (Å²) in [5.41, 5.74) is 4.92. The predicted molar refractivity (Wildman–Crippen MR) is 132 cm³/mol. The Hall–Kier alpha value is -3.31. The van der Waals surface area contributed by atoms with Crippen molar-refractivity contribution >= 4 is 27.2 Å². The van der Waals surface area contributed by atoms with Crippen molar-refractivity contribution in [2.24, 2.45) is 7.05 Å². The van der Waals surface area contributed by atoms with Crippen molar-refractivity contribution in [2.45, 2.75) is 51.2 Å². The van der Waals surface area contributed by atoms with Gasteiger partial charge in [0.2, 0.25) is 6.33 Å². The third kappa shape index (κ3) is 3.87. The van der Waals surface area contributed by atoms with Gasteiger partial charge in [0.1, 0.15) is 16.9 Å². The summed E-state index contributed by atoms with van der Waals surface area (Å²) in [5.74, 6) is 0. The third-order valence-corrected chi connectivity index (χ3v) is 6.92. The molecule has 1 saturated carbocycles. The SMILES string of the molecule is C=C(C)c1ccc(Cc2cc3c(=O)n(C4CCCCC4O)c[n+](C)c3c3ccccc23)cn1. The van der Waals surface area contributed by atoms with Gasteiger partial charge in [0.15, 0.2) is 0 Å². The number of aliphatic hydroxyl groups excluding tert-OH is 1. The lowest BCUT2D eigenvalue weighted by atomic mass is 9.92. The van der Waals surface area contributed by atoms with Crippen molar-refractivity contribution < 1.29 is 9.67 Å². The first-order valence-corrected chi connectivity index (χ1v) is 11.7. The van der Waals surface area contributed by atoms with E-state index in [1.807, 2.05) is 55.3 Å². The lowest BCUT2D eigenvalue weighted by Gasteiger charge is -2.25. The number of hydrogen-bond donors (Lipinski definition) is 1. The highest BCUT2D eigenvalue weighted by Gasteiger charge is 2.31. The van der Waals surface area contributed by atoms with E-state index in [9.17, 15) is 9.90 Å². The van der Waals surface area contributed by atoms with Crippen LogP contribution in [0.2, 0.25) is 0 Å². The van der Waals surface area contributed by atoms with Crippen LogP contribution in [0.3, 0.4) is 0 Å². The molecule has 0 saturated heterocycles. The van der Waals surface area contributed by atoms with Crippen LogP contribution in [0.4, 0.5) is 0 Å². The van der Waals surface area contributed by atoms with Crippen LogP contribution in [-0.2, 0) is 13.5 Å². The summed E-state index contributed by atoms with van der Waals surface area (Å²) in [5, 5.41) is 13.5. The first-order valence-electron chi connectivity index (χ1n) is 11.7. The van der Waals surface area contributed by atoms with Crippen LogP contribution in [0, 0.1) is 0 Å². The van der Waals surface area contributed by atoms with Gasteiger partial charge in [-0.25, -0.2) is 9.36 Å². The van der Waals surface area contributed by atoms with Gasteiger partial charge in [-0.3, -0.25) is 4.98 Å². The molecule has 168 valence electrons. The number of nitrogens with zero attached hydrogens (tertiary/aromatic N) is 3. The van der Waals surface area contributed by atoms with Crippen molar-refractivity contribution in [3.63, 3.8) is 0 Å². The van der Waals surface area contributed by atoms with Crippen molar-refractivity contribution in [3.8, 4) is 0 Å². The number of allylic oxidation sites excluding steroid dienone is 1. The number of fused-ring (bicyclic) bond motifs is 3. The fourth-order valence-electron chi connectivity index (χ4n) is 5.21. The summed E-state index contributed by atoms with van der Waals surface area (Å²) in [7, 11) is 1.99. The molecule has 0 amide bonds. The van der Waals surface area contributed by atoms with Crippen molar-refractivity contribution in [3.05, 3.63) is 88.7 Å². The van der Waals surface area contributed by atoms with Gasteiger partial charge >= 0.3 is 5.56 Å². The second-order valence-electron chi connectivity index (χ2n) is 9.34. The molecule has 2 unspecified atom stereocenters. The zero-order valence-corrected chi connectivity index (χ0v) is 19.3. The van der Waals surface area contributed by atoms with Crippen LogP contribution in [0.5, 0.6) is 0 Å². The molecule has 2 heterocycles. The number of aryl methyl sites for hydroxylation is 1. The number of rotatable bonds is 4. The smallest absolute Gasteiger partial charge is 0.345 e. The van der Waals surface area contributed by atoms with Crippen molar-refractivity contribution in [1.29, 1.82) is 0 Å². The number of aliphatic hydroxyl groups is 1. The van der Waals surface area contributed by atoms with Gasteiger partial charge in [-0.05, 0) is 66.8 Å². The second kappa shape index (κ2) is 8.56. The van der Waals surface area contributed by atoms with Gasteiger partial charge in [-0.2, -0.15) is 4.57 Å². The molecule has 2 aromatic heterocycles. The molecule has 2 atom stereocenters. The fourth-order valence-corrected chi connectivity index (χ4v) is 5.21. The maximum atomic E-state index is 13.7. The molecule has 5 heteroatoms. The lowest BCUT2D eigenvalue weighted by molar-refractivity contribution is -0.649. The molecule has 33 heavy (non-hydrogen) atoms. The van der Waals surface area contributed by atoms with E-state index in [0.717, 1.165) is 64.4 Å². The van der Waals surface area contributed by atoms with Gasteiger partial charge in [0.05, 0.1) is 18.8 Å². The minimum absolute atomic E-state index is 0.0307. The first kappa shape index (κ1) is 21.5. The lowest BCUT2D eigenvalue weighted by Crippen LogP contribution is -2.42. The van der Waals surface area contributed by atoms with Gasteiger partial charge in [-0.1, -0.05) is 43.3 Å². The largest absolute Gasteiger partial charge is 0.389 e. The zero-order chi connectivity index (χ0) is 23.1. The Balaban J connectivity index is 1.69. The highest BCUT2D eigenvalue weighted by molar-refractivity contribution is 6.05. The van der Waals surface area contributed by atoms with Crippen molar-refractivity contribution in [2.75, 3.05) is 0 Å². The molecule has 0 spiro atoms. The average molecular weight is 441 g/mol. The first-order chi connectivity index (χ1) is 15.9. The number of benzene rings is 2. The molecule has 1 aliphatic carbocycles. The van der Waals surface area contributed by atoms with Crippen LogP contribution < -0.4 is 10.1 Å². The van der Waals surface area contributed by atoms with Gasteiger partial charge in [0, 0.05) is 11.6 Å². The van der Waals surface area contributed by atoms with Gasteiger partial charge < -0.3 is 5.11 Å². The molecule has 1 N–H and O–H groups in total. The number of pyridine rings is 1. The highest BCUT2D eigenvalue weighted by atomic mass is 16.3. The molecule has 4 aromatic rings. The van der Waals surface area contributed by atoms with E-state index < -0.39 is 6.10 Å². The summed E-state index contributed by atoms with van der Waals surface area (Å²) in [4.78, 5) is 18.2. The van der Waals surface area contributed by atoms with E-state index in [4.69, 9.17) is 0 Å². The van der Waals surface area contributed by atoms with Crippen LogP contribution in [0.15, 0.2) is 66.4 Å². The van der Waals surface area contributed by atoms with Gasteiger partial charge in [0.25, 0.3) is 0 Å². The van der Waals surface area contributed by atoms with E-state index in [0.29, 0.717) is 11.8 Å². The van der Waals surface area contributed by atoms with Crippen LogP contribution in [0.25, 0.3) is 27.2 Å². The molecule has 0 aliphatic heterocycles. The Bertz CT molecular complexity index is 1420. The monoisotopic (exact) mass is 440 g/mol. The molecular formula is C28H30N3O2+. The highest BCUT2D eigenvalue weighted by Crippen LogP contribution is 2.30. The summed E-state index contributed by atoms with van der Waals surface area (Å²) in [6.07, 6.45) is 7.59. The molecule has 0 bridgehead atoms. The minimum atomic E-state index is -0.480. The van der Waals surface area contributed by atoms with Crippen molar-refractivity contribution in [1.82, 2.24) is 9.55 Å². The predicted octanol–water partition coefficient (Wildman–Crippen LogP) is 4.47. The summed E-state index contributed by atoms with van der Waals surface area (Å²) >= 11 is 0. The average Bonchev–Trinajstić information content (AvgIpc) is 2.82. The maximum Gasteiger partial charge on any atom is 0.345 e. The van der Waals surface area contributed by atoms with Crippen LogP contribution in [0.1, 0.15) is 55.5 Å². The Morgan fingerprint density at radius 2 is 1.91 bits per heavy atom. The molecule has 5 rings (SSSR count).